The van der Waals surface area contributed by atoms with E-state index in [-0.39, 0.29) is 18.2 Å². The van der Waals surface area contributed by atoms with Gasteiger partial charge >= 0.3 is 0 Å². The molecular formula is C16H23N3O4. The second-order valence-corrected chi connectivity index (χ2v) is 5.18. The molecule has 126 valence electrons. The van der Waals surface area contributed by atoms with Crippen molar-refractivity contribution in [3.63, 3.8) is 0 Å². The van der Waals surface area contributed by atoms with E-state index in [1.165, 1.54) is 0 Å². The van der Waals surface area contributed by atoms with Gasteiger partial charge in [0.05, 0.1) is 19.6 Å². The topological polar surface area (TPSA) is 93.9 Å². The maximum absolute atomic E-state index is 12.2. The molecule has 7 nitrogen and oxygen atoms in total. The Balaban J connectivity index is 1.87. The number of carbonyl (C=O) groups is 2. The minimum Gasteiger partial charge on any atom is -0.494 e. The van der Waals surface area contributed by atoms with E-state index in [2.05, 4.69) is 5.32 Å². The van der Waals surface area contributed by atoms with Crippen LogP contribution in [0.5, 0.6) is 5.75 Å². The Bertz CT molecular complexity index is 531. The molecule has 0 unspecified atom stereocenters. The second kappa shape index (κ2) is 8.50. The van der Waals surface area contributed by atoms with Gasteiger partial charge in [-0.25, -0.2) is 0 Å². The predicted octanol–water partition coefficient (Wildman–Crippen LogP) is 0.600. The molecule has 1 heterocycles. The van der Waals surface area contributed by atoms with E-state index in [9.17, 15) is 9.59 Å². The third kappa shape index (κ3) is 4.94. The Labute approximate surface area is 135 Å². The first-order chi connectivity index (χ1) is 11.1. The molecule has 0 saturated carbocycles. The molecule has 7 heteroatoms. The Kier molecular flexibility index (Phi) is 6.37. The molecule has 0 radical (unpaired) electrons. The summed E-state index contributed by atoms with van der Waals surface area (Å²) < 4.78 is 10.8. The predicted molar refractivity (Wildman–Crippen MR) is 86.2 cm³/mol. The standard InChI is InChI=1S/C16H23N3O4/c1-2-22-13-5-3-12(4-6-13)18-15(20)11-14-16(21)19(8-7-17)9-10-23-14/h3-6,14H,2,7-11,17H2,1H3,(H,18,20)/t14-/m1/s1. The summed E-state index contributed by atoms with van der Waals surface area (Å²) in [6.45, 7) is 4.33. The number of nitrogens with two attached hydrogens (primary N) is 1. The Morgan fingerprint density at radius 3 is 2.83 bits per heavy atom. The van der Waals surface area contributed by atoms with Gasteiger partial charge in [0.15, 0.2) is 0 Å². The van der Waals surface area contributed by atoms with Crippen LogP contribution < -0.4 is 15.8 Å². The van der Waals surface area contributed by atoms with Crippen molar-refractivity contribution in [3.8, 4) is 5.75 Å². The third-order valence-electron chi connectivity index (χ3n) is 3.49. The number of hydrogen-bond donors (Lipinski definition) is 2. The highest BCUT2D eigenvalue weighted by Crippen LogP contribution is 2.17. The first kappa shape index (κ1) is 17.2. The minimum absolute atomic E-state index is 0.00683. The summed E-state index contributed by atoms with van der Waals surface area (Å²) in [5.74, 6) is 0.305. The number of morpholine rings is 1. The molecule has 0 aliphatic carbocycles. The Hall–Kier alpha value is -2.12. The SMILES string of the molecule is CCOc1ccc(NC(=O)C[C@H]2OCCN(CCN)C2=O)cc1. The maximum Gasteiger partial charge on any atom is 0.252 e. The molecule has 0 aromatic heterocycles. The zero-order chi connectivity index (χ0) is 16.7. The highest BCUT2D eigenvalue weighted by atomic mass is 16.5. The van der Waals surface area contributed by atoms with Gasteiger partial charge in [0.25, 0.3) is 5.91 Å². The summed E-state index contributed by atoms with van der Waals surface area (Å²) in [6.07, 6.45) is -0.745. The number of ether oxygens (including phenoxy) is 2. The Morgan fingerprint density at radius 2 is 2.17 bits per heavy atom. The van der Waals surface area contributed by atoms with Crippen molar-refractivity contribution in [3.05, 3.63) is 24.3 Å². The number of rotatable bonds is 7. The lowest BCUT2D eigenvalue weighted by atomic mass is 10.1. The lowest BCUT2D eigenvalue weighted by Crippen LogP contribution is -2.50. The quantitative estimate of drug-likeness (QED) is 0.767. The van der Waals surface area contributed by atoms with Crippen LogP contribution in [0.25, 0.3) is 0 Å². The molecule has 1 atom stereocenters. The third-order valence-corrected chi connectivity index (χ3v) is 3.49. The molecule has 0 bridgehead atoms. The van der Waals surface area contributed by atoms with Crippen LogP contribution in [0.4, 0.5) is 5.69 Å². The zero-order valence-electron chi connectivity index (χ0n) is 13.3. The average Bonchev–Trinajstić information content (AvgIpc) is 2.53. The first-order valence-electron chi connectivity index (χ1n) is 7.77. The molecule has 2 amide bonds. The van der Waals surface area contributed by atoms with Crippen LogP contribution in [0.2, 0.25) is 0 Å². The van der Waals surface area contributed by atoms with Gasteiger partial charge in [-0.05, 0) is 31.2 Å². The fourth-order valence-corrected chi connectivity index (χ4v) is 2.40. The van der Waals surface area contributed by atoms with Gasteiger partial charge in [0.2, 0.25) is 5.91 Å². The van der Waals surface area contributed by atoms with Crippen molar-refractivity contribution in [1.82, 2.24) is 4.90 Å². The van der Waals surface area contributed by atoms with Crippen LogP contribution in [0.15, 0.2) is 24.3 Å². The number of nitrogens with zero attached hydrogens (tertiary/aromatic N) is 1. The summed E-state index contributed by atoms with van der Waals surface area (Å²) in [5, 5.41) is 2.76. The van der Waals surface area contributed by atoms with Crippen LogP contribution in [0, 0.1) is 0 Å². The number of benzene rings is 1. The maximum atomic E-state index is 12.2. The number of anilines is 1. The summed E-state index contributed by atoms with van der Waals surface area (Å²) in [7, 11) is 0. The summed E-state index contributed by atoms with van der Waals surface area (Å²) in [5.41, 5.74) is 6.13. The van der Waals surface area contributed by atoms with E-state index in [1.807, 2.05) is 6.92 Å². The minimum atomic E-state index is -0.738. The molecular weight excluding hydrogens is 298 g/mol. The molecule has 1 aliphatic rings. The smallest absolute Gasteiger partial charge is 0.252 e. The first-order valence-corrected chi connectivity index (χ1v) is 7.77. The van der Waals surface area contributed by atoms with Crippen LogP contribution in [0.1, 0.15) is 13.3 Å². The van der Waals surface area contributed by atoms with Crippen LogP contribution in [0.3, 0.4) is 0 Å². The van der Waals surface area contributed by atoms with E-state index >= 15 is 0 Å². The largest absolute Gasteiger partial charge is 0.494 e. The van der Waals surface area contributed by atoms with Crippen molar-refractivity contribution in [1.29, 1.82) is 0 Å². The summed E-state index contributed by atoms with van der Waals surface area (Å²) >= 11 is 0. The molecule has 1 aromatic rings. The number of nitrogens with one attached hydrogen (secondary N) is 1. The van der Waals surface area contributed by atoms with Gasteiger partial charge in [-0.1, -0.05) is 0 Å². The highest BCUT2D eigenvalue weighted by Gasteiger charge is 2.30. The number of hydrogen-bond acceptors (Lipinski definition) is 5. The fraction of sp³-hybridized carbons (Fsp3) is 0.500. The fourth-order valence-electron chi connectivity index (χ4n) is 2.40. The lowest BCUT2D eigenvalue weighted by Gasteiger charge is -2.31. The van der Waals surface area contributed by atoms with E-state index < -0.39 is 6.10 Å². The molecule has 1 aliphatic heterocycles. The summed E-state index contributed by atoms with van der Waals surface area (Å²) in [4.78, 5) is 25.9. The van der Waals surface area contributed by atoms with Crippen LogP contribution in [-0.2, 0) is 14.3 Å². The normalized spacial score (nSPS) is 17.9. The summed E-state index contributed by atoms with van der Waals surface area (Å²) in [6, 6.07) is 7.08. The van der Waals surface area contributed by atoms with Crippen LogP contribution in [-0.4, -0.2) is 55.7 Å². The van der Waals surface area contributed by atoms with E-state index in [4.69, 9.17) is 15.2 Å². The molecule has 1 aromatic carbocycles. The highest BCUT2D eigenvalue weighted by molar-refractivity contribution is 5.95. The Morgan fingerprint density at radius 1 is 1.43 bits per heavy atom. The molecule has 1 saturated heterocycles. The number of carbonyl (C=O) groups excluding carboxylic acids is 2. The molecule has 0 spiro atoms. The van der Waals surface area contributed by atoms with Crippen molar-refractivity contribution in [2.24, 2.45) is 5.73 Å². The van der Waals surface area contributed by atoms with Gasteiger partial charge in [0.1, 0.15) is 11.9 Å². The van der Waals surface area contributed by atoms with Crippen molar-refractivity contribution < 1.29 is 19.1 Å². The van der Waals surface area contributed by atoms with Gasteiger partial charge < -0.3 is 25.4 Å². The van der Waals surface area contributed by atoms with Gasteiger partial charge in [-0.2, -0.15) is 0 Å². The molecule has 1 fully saturated rings. The zero-order valence-corrected chi connectivity index (χ0v) is 13.3. The second-order valence-electron chi connectivity index (χ2n) is 5.18. The van der Waals surface area contributed by atoms with Crippen molar-refractivity contribution >= 4 is 17.5 Å². The van der Waals surface area contributed by atoms with Gasteiger partial charge in [-0.3, -0.25) is 9.59 Å². The van der Waals surface area contributed by atoms with Crippen molar-refractivity contribution in [2.45, 2.75) is 19.4 Å². The van der Waals surface area contributed by atoms with E-state index in [0.29, 0.717) is 38.5 Å². The van der Waals surface area contributed by atoms with Gasteiger partial charge in [0, 0.05) is 25.3 Å². The molecule has 2 rings (SSSR count). The van der Waals surface area contributed by atoms with Crippen molar-refractivity contribution in [2.75, 3.05) is 38.2 Å². The number of amides is 2. The molecule has 3 N–H and O–H groups in total. The molecule has 23 heavy (non-hydrogen) atoms. The lowest BCUT2D eigenvalue weighted by molar-refractivity contribution is -0.154. The van der Waals surface area contributed by atoms with Gasteiger partial charge in [-0.15, -0.1) is 0 Å². The van der Waals surface area contributed by atoms with E-state index in [0.717, 1.165) is 5.75 Å². The average molecular weight is 321 g/mol. The van der Waals surface area contributed by atoms with E-state index in [1.54, 1.807) is 29.2 Å². The monoisotopic (exact) mass is 321 g/mol. The van der Waals surface area contributed by atoms with Crippen LogP contribution >= 0.6 is 0 Å².